The van der Waals surface area contributed by atoms with Crippen molar-refractivity contribution in [2.45, 2.75) is 19.1 Å². The molecule has 0 bridgehead atoms. The van der Waals surface area contributed by atoms with Gasteiger partial charge in [-0.05, 0) is 19.1 Å². The Morgan fingerprint density at radius 3 is 3.14 bits per heavy atom. The quantitative estimate of drug-likeness (QED) is 0.867. The maximum atomic E-state index is 12.7. The number of aromatic nitrogens is 1. The molecule has 1 fully saturated rings. The summed E-state index contributed by atoms with van der Waals surface area (Å²) < 4.78 is 6.46. The van der Waals surface area contributed by atoms with Crippen LogP contribution in [0.2, 0.25) is 0 Å². The van der Waals surface area contributed by atoms with Gasteiger partial charge in [-0.2, -0.15) is 0 Å². The van der Waals surface area contributed by atoms with Crippen LogP contribution in [0.15, 0.2) is 18.3 Å². The number of pyridine rings is 1. The van der Waals surface area contributed by atoms with E-state index in [9.17, 15) is 9.90 Å². The first-order chi connectivity index (χ1) is 10.1. The molecule has 1 saturated heterocycles. The van der Waals surface area contributed by atoms with Crippen LogP contribution < -0.4 is 5.73 Å². The number of rotatable bonds is 2. The maximum absolute atomic E-state index is 12.7. The van der Waals surface area contributed by atoms with Crippen molar-refractivity contribution in [3.8, 4) is 0 Å². The van der Waals surface area contributed by atoms with Crippen LogP contribution in [-0.2, 0) is 4.74 Å². The summed E-state index contributed by atoms with van der Waals surface area (Å²) in [6, 6.07) is 3.73. The SMILES string of the molecule is CC1CN(C(=O)c2sc3cccnc3c2N)CC(CO)O1. The van der Waals surface area contributed by atoms with Crippen molar-refractivity contribution in [1.29, 1.82) is 0 Å². The Morgan fingerprint density at radius 2 is 2.43 bits per heavy atom. The summed E-state index contributed by atoms with van der Waals surface area (Å²) in [4.78, 5) is 19.1. The molecule has 6 nitrogen and oxygen atoms in total. The highest BCUT2D eigenvalue weighted by Crippen LogP contribution is 2.33. The molecule has 7 heteroatoms. The zero-order valence-corrected chi connectivity index (χ0v) is 12.5. The Kier molecular flexibility index (Phi) is 3.79. The Bertz CT molecular complexity index is 673. The summed E-state index contributed by atoms with van der Waals surface area (Å²) in [5.41, 5.74) is 7.17. The average Bonchev–Trinajstić information content (AvgIpc) is 2.83. The molecule has 1 amide bonds. The minimum atomic E-state index is -0.341. The van der Waals surface area contributed by atoms with E-state index >= 15 is 0 Å². The fourth-order valence-electron chi connectivity index (χ4n) is 2.56. The van der Waals surface area contributed by atoms with Gasteiger partial charge >= 0.3 is 0 Å². The molecule has 3 heterocycles. The fourth-order valence-corrected chi connectivity index (χ4v) is 3.61. The van der Waals surface area contributed by atoms with Crippen LogP contribution in [0, 0.1) is 0 Å². The van der Waals surface area contributed by atoms with Crippen LogP contribution in [-0.4, -0.2) is 52.8 Å². The molecule has 21 heavy (non-hydrogen) atoms. The molecule has 0 aromatic carbocycles. The zero-order valence-electron chi connectivity index (χ0n) is 11.7. The standard InChI is InChI=1S/C14H17N3O3S/c1-8-5-17(6-9(7-18)20-8)14(19)13-11(15)12-10(21-13)3-2-4-16-12/h2-4,8-9,18H,5-7,15H2,1H3. The molecule has 2 aromatic rings. The lowest BCUT2D eigenvalue weighted by Crippen LogP contribution is -2.50. The van der Waals surface area contributed by atoms with E-state index in [1.807, 2.05) is 19.1 Å². The number of amides is 1. The molecule has 0 aliphatic carbocycles. The van der Waals surface area contributed by atoms with Gasteiger partial charge in [0, 0.05) is 19.3 Å². The van der Waals surface area contributed by atoms with E-state index in [1.165, 1.54) is 11.3 Å². The Balaban J connectivity index is 1.91. The van der Waals surface area contributed by atoms with Crippen LogP contribution in [0.4, 0.5) is 5.69 Å². The van der Waals surface area contributed by atoms with E-state index in [0.717, 1.165) is 4.70 Å². The number of anilines is 1. The van der Waals surface area contributed by atoms with E-state index in [-0.39, 0.29) is 24.7 Å². The van der Waals surface area contributed by atoms with Crippen LogP contribution in [0.3, 0.4) is 0 Å². The lowest BCUT2D eigenvalue weighted by Gasteiger charge is -2.35. The monoisotopic (exact) mass is 307 g/mol. The molecule has 2 unspecified atom stereocenters. The third kappa shape index (κ3) is 2.59. The third-order valence-corrected chi connectivity index (χ3v) is 4.64. The number of fused-ring (bicyclic) bond motifs is 1. The second kappa shape index (κ2) is 5.59. The number of morpholine rings is 1. The predicted molar refractivity (Wildman–Crippen MR) is 81.4 cm³/mol. The van der Waals surface area contributed by atoms with Gasteiger partial charge in [-0.25, -0.2) is 0 Å². The maximum Gasteiger partial charge on any atom is 0.266 e. The number of nitrogen functional groups attached to an aromatic ring is 1. The van der Waals surface area contributed by atoms with Crippen LogP contribution in [0.1, 0.15) is 16.6 Å². The van der Waals surface area contributed by atoms with Gasteiger partial charge in [0.05, 0.1) is 29.2 Å². The normalized spacial score (nSPS) is 22.7. The second-order valence-electron chi connectivity index (χ2n) is 5.16. The largest absolute Gasteiger partial charge is 0.396 e. The van der Waals surface area contributed by atoms with Crippen molar-refractivity contribution in [1.82, 2.24) is 9.88 Å². The second-order valence-corrected chi connectivity index (χ2v) is 6.21. The molecule has 2 atom stereocenters. The van der Waals surface area contributed by atoms with Crippen molar-refractivity contribution in [3.63, 3.8) is 0 Å². The van der Waals surface area contributed by atoms with Gasteiger partial charge < -0.3 is 20.5 Å². The number of ether oxygens (including phenoxy) is 1. The van der Waals surface area contributed by atoms with Gasteiger partial charge in [-0.3, -0.25) is 9.78 Å². The van der Waals surface area contributed by atoms with E-state index in [4.69, 9.17) is 10.5 Å². The first-order valence-corrected chi connectivity index (χ1v) is 7.60. The van der Waals surface area contributed by atoms with Gasteiger partial charge in [-0.1, -0.05) is 0 Å². The topological polar surface area (TPSA) is 88.7 Å². The molecular formula is C14H17N3O3S. The molecule has 2 aromatic heterocycles. The van der Waals surface area contributed by atoms with Crippen molar-refractivity contribution >= 4 is 33.1 Å². The smallest absolute Gasteiger partial charge is 0.266 e. The molecule has 0 spiro atoms. The minimum absolute atomic E-state index is 0.0996. The van der Waals surface area contributed by atoms with Crippen molar-refractivity contribution in [2.75, 3.05) is 25.4 Å². The molecule has 0 radical (unpaired) electrons. The summed E-state index contributed by atoms with van der Waals surface area (Å²) in [5, 5.41) is 9.25. The van der Waals surface area contributed by atoms with Crippen LogP contribution >= 0.6 is 11.3 Å². The number of nitrogens with two attached hydrogens (primary N) is 1. The number of thiophene rings is 1. The van der Waals surface area contributed by atoms with Crippen LogP contribution in [0.5, 0.6) is 0 Å². The van der Waals surface area contributed by atoms with Gasteiger partial charge in [0.15, 0.2) is 0 Å². The third-order valence-electron chi connectivity index (χ3n) is 3.49. The fraction of sp³-hybridized carbons (Fsp3) is 0.429. The zero-order chi connectivity index (χ0) is 15.0. The first kappa shape index (κ1) is 14.2. The van der Waals surface area contributed by atoms with E-state index in [0.29, 0.717) is 29.2 Å². The van der Waals surface area contributed by atoms with E-state index in [2.05, 4.69) is 4.98 Å². The number of nitrogens with zero attached hydrogens (tertiary/aromatic N) is 2. The van der Waals surface area contributed by atoms with E-state index in [1.54, 1.807) is 11.1 Å². The molecule has 0 saturated carbocycles. The predicted octanol–water partition coefficient (Wildman–Crippen LogP) is 1.10. The highest BCUT2D eigenvalue weighted by atomic mass is 32.1. The first-order valence-electron chi connectivity index (χ1n) is 6.78. The number of hydrogen-bond donors (Lipinski definition) is 2. The summed E-state index contributed by atoms with van der Waals surface area (Å²) in [5.74, 6) is -0.121. The molecule has 1 aliphatic heterocycles. The number of hydrogen-bond acceptors (Lipinski definition) is 6. The average molecular weight is 307 g/mol. The number of carbonyl (C=O) groups excluding carboxylic acids is 1. The lowest BCUT2D eigenvalue weighted by molar-refractivity contribution is -0.0857. The molecule has 112 valence electrons. The number of aliphatic hydroxyl groups excluding tert-OH is 1. The molecule has 1 aliphatic rings. The van der Waals surface area contributed by atoms with Gasteiger partial charge in [0.25, 0.3) is 5.91 Å². The Morgan fingerprint density at radius 1 is 1.62 bits per heavy atom. The van der Waals surface area contributed by atoms with Crippen molar-refractivity contribution < 1.29 is 14.6 Å². The Hall–Kier alpha value is -1.70. The lowest BCUT2D eigenvalue weighted by atomic mass is 10.2. The summed E-state index contributed by atoms with van der Waals surface area (Å²) in [7, 11) is 0. The van der Waals surface area contributed by atoms with Gasteiger partial charge in [0.1, 0.15) is 10.4 Å². The number of aliphatic hydroxyl groups is 1. The van der Waals surface area contributed by atoms with Gasteiger partial charge in [-0.15, -0.1) is 11.3 Å². The molecule has 3 N–H and O–H groups in total. The highest BCUT2D eigenvalue weighted by Gasteiger charge is 2.30. The van der Waals surface area contributed by atoms with Gasteiger partial charge in [0.2, 0.25) is 0 Å². The van der Waals surface area contributed by atoms with Crippen molar-refractivity contribution in [3.05, 3.63) is 23.2 Å². The summed E-state index contributed by atoms with van der Waals surface area (Å²) in [6.45, 7) is 2.66. The molecular weight excluding hydrogens is 290 g/mol. The minimum Gasteiger partial charge on any atom is -0.396 e. The van der Waals surface area contributed by atoms with E-state index < -0.39 is 0 Å². The number of carbonyl (C=O) groups is 1. The van der Waals surface area contributed by atoms with Crippen LogP contribution in [0.25, 0.3) is 10.2 Å². The summed E-state index contributed by atoms with van der Waals surface area (Å²) in [6.07, 6.45) is 1.22. The highest BCUT2D eigenvalue weighted by molar-refractivity contribution is 7.21. The Labute approximate surface area is 126 Å². The molecule has 3 rings (SSSR count). The summed E-state index contributed by atoms with van der Waals surface area (Å²) >= 11 is 1.35. The van der Waals surface area contributed by atoms with Crippen molar-refractivity contribution in [2.24, 2.45) is 0 Å².